The van der Waals surface area contributed by atoms with Crippen LogP contribution < -0.4 is 15.4 Å². The number of halogens is 3. The smallest absolute Gasteiger partial charge is 0.407 e. The monoisotopic (exact) mass is 508 g/mol. The lowest BCUT2D eigenvalue weighted by atomic mass is 10.0. The Labute approximate surface area is 204 Å². The van der Waals surface area contributed by atoms with Crippen LogP contribution >= 0.6 is 11.6 Å². The second kappa shape index (κ2) is 10.3. The summed E-state index contributed by atoms with van der Waals surface area (Å²) in [5.74, 6) is -4.02. The van der Waals surface area contributed by atoms with E-state index in [0.29, 0.717) is 0 Å². The lowest BCUT2D eigenvalue weighted by Gasteiger charge is -2.19. The van der Waals surface area contributed by atoms with E-state index in [1.807, 2.05) is 0 Å². The van der Waals surface area contributed by atoms with E-state index in [9.17, 15) is 19.1 Å². The predicted octanol–water partition coefficient (Wildman–Crippen LogP) is 4.87. The molecule has 1 aromatic heterocycles. The Morgan fingerprint density at radius 3 is 2.49 bits per heavy atom. The Kier molecular flexibility index (Phi) is 7.59. The molecule has 35 heavy (non-hydrogen) atoms. The number of rotatable bonds is 7. The number of carbonyl (C=O) groups is 2. The molecule has 0 saturated carbocycles. The summed E-state index contributed by atoms with van der Waals surface area (Å²) < 4.78 is 40.6. The minimum Gasteiger partial charge on any atom is -0.496 e. The number of carboxylic acids is 1. The molecule has 0 aliphatic heterocycles. The van der Waals surface area contributed by atoms with E-state index in [2.05, 4.69) is 20.6 Å². The highest BCUT2D eigenvalue weighted by molar-refractivity contribution is 6.34. The molecule has 3 rings (SSSR count). The highest BCUT2D eigenvalue weighted by atomic mass is 35.5. The van der Waals surface area contributed by atoms with Gasteiger partial charge in [0.1, 0.15) is 28.5 Å². The average Bonchev–Trinajstić information content (AvgIpc) is 2.76. The number of amides is 1. The standard InChI is InChI=1S/C23H23ClF2N4O5/c1-23(2,3)35-22(33)28-9-8-27-19-11-10-12(24)15(16-13(25)6-5-7-14(16)34-4)17(26)18(11)29-20(30-19)21(31)32/h5-7,10H,8-9H2,1-4H3,(H,28,33)(H,31,32)(H,27,29,30). The van der Waals surface area contributed by atoms with Crippen molar-refractivity contribution in [2.45, 2.75) is 26.4 Å². The number of carboxylic acid groups (broad SMARTS) is 1. The van der Waals surface area contributed by atoms with Crippen molar-refractivity contribution < 1.29 is 33.0 Å². The molecule has 3 N–H and O–H groups in total. The number of nitrogens with zero attached hydrogens (tertiary/aromatic N) is 2. The van der Waals surface area contributed by atoms with E-state index in [1.54, 1.807) is 20.8 Å². The first-order valence-electron chi connectivity index (χ1n) is 10.4. The number of ether oxygens (including phenoxy) is 2. The zero-order valence-electron chi connectivity index (χ0n) is 19.3. The van der Waals surface area contributed by atoms with Crippen LogP contribution in [0.1, 0.15) is 31.4 Å². The number of fused-ring (bicyclic) bond motifs is 1. The van der Waals surface area contributed by atoms with Crippen molar-refractivity contribution >= 4 is 40.4 Å². The average molecular weight is 509 g/mol. The van der Waals surface area contributed by atoms with Crippen LogP contribution in [0.3, 0.4) is 0 Å². The van der Waals surface area contributed by atoms with Crippen LogP contribution in [0.5, 0.6) is 5.75 Å². The Hall–Kier alpha value is -3.73. The van der Waals surface area contributed by atoms with E-state index < -0.39 is 35.1 Å². The van der Waals surface area contributed by atoms with Gasteiger partial charge in [0.2, 0.25) is 5.82 Å². The van der Waals surface area contributed by atoms with Crippen LogP contribution in [0.25, 0.3) is 22.0 Å². The fourth-order valence-electron chi connectivity index (χ4n) is 3.23. The molecule has 0 atom stereocenters. The van der Waals surface area contributed by atoms with Crippen molar-refractivity contribution in [3.63, 3.8) is 0 Å². The molecule has 186 valence electrons. The fourth-order valence-corrected chi connectivity index (χ4v) is 3.52. The number of anilines is 1. The number of methoxy groups -OCH3 is 1. The second-order valence-electron chi connectivity index (χ2n) is 8.32. The van der Waals surface area contributed by atoms with E-state index in [0.717, 1.165) is 6.07 Å². The number of aromatic carboxylic acids is 1. The lowest BCUT2D eigenvalue weighted by Crippen LogP contribution is -2.35. The Balaban J connectivity index is 2.02. The van der Waals surface area contributed by atoms with Crippen molar-refractivity contribution in [2.24, 2.45) is 0 Å². The van der Waals surface area contributed by atoms with Crippen LogP contribution in [-0.2, 0) is 4.74 Å². The number of alkyl carbamates (subject to hydrolysis) is 1. The quantitative estimate of drug-likeness (QED) is 0.386. The molecule has 0 aliphatic carbocycles. The van der Waals surface area contributed by atoms with Gasteiger partial charge < -0.3 is 25.2 Å². The van der Waals surface area contributed by atoms with Crippen molar-refractivity contribution in [3.05, 3.63) is 46.7 Å². The van der Waals surface area contributed by atoms with Crippen molar-refractivity contribution in [3.8, 4) is 16.9 Å². The number of carbonyl (C=O) groups excluding carboxylic acids is 1. The molecule has 0 radical (unpaired) electrons. The van der Waals surface area contributed by atoms with Crippen LogP contribution in [0.4, 0.5) is 19.4 Å². The second-order valence-corrected chi connectivity index (χ2v) is 8.72. The molecule has 9 nitrogen and oxygen atoms in total. The van der Waals surface area contributed by atoms with Gasteiger partial charge in [0.05, 0.1) is 17.7 Å². The summed E-state index contributed by atoms with van der Waals surface area (Å²) in [4.78, 5) is 31.1. The van der Waals surface area contributed by atoms with Gasteiger partial charge in [0.25, 0.3) is 0 Å². The summed E-state index contributed by atoms with van der Waals surface area (Å²) >= 11 is 6.35. The summed E-state index contributed by atoms with van der Waals surface area (Å²) in [6.45, 7) is 5.33. The van der Waals surface area contributed by atoms with Gasteiger partial charge in [-0.1, -0.05) is 17.7 Å². The predicted molar refractivity (Wildman–Crippen MR) is 126 cm³/mol. The third-order valence-electron chi connectivity index (χ3n) is 4.61. The minimum absolute atomic E-state index is 0.0317. The van der Waals surface area contributed by atoms with Crippen LogP contribution in [0.15, 0.2) is 24.3 Å². The molecule has 0 bridgehead atoms. The number of aromatic nitrogens is 2. The van der Waals surface area contributed by atoms with E-state index in [-0.39, 0.29) is 51.7 Å². The van der Waals surface area contributed by atoms with E-state index in [1.165, 1.54) is 25.3 Å². The molecule has 0 saturated heterocycles. The van der Waals surface area contributed by atoms with E-state index in [4.69, 9.17) is 21.1 Å². The summed E-state index contributed by atoms with van der Waals surface area (Å²) in [5.41, 5.74) is -1.62. The topological polar surface area (TPSA) is 123 Å². The molecular formula is C23H23ClF2N4O5. The summed E-state index contributed by atoms with van der Waals surface area (Å²) in [6.07, 6.45) is -0.643. The molecule has 1 heterocycles. The van der Waals surface area contributed by atoms with Crippen LogP contribution in [0.2, 0.25) is 5.02 Å². The maximum Gasteiger partial charge on any atom is 0.407 e. The van der Waals surface area contributed by atoms with Gasteiger partial charge >= 0.3 is 12.1 Å². The first-order valence-corrected chi connectivity index (χ1v) is 10.8. The van der Waals surface area contributed by atoms with Gasteiger partial charge in [-0.25, -0.2) is 28.3 Å². The fraction of sp³-hybridized carbons (Fsp3) is 0.304. The van der Waals surface area contributed by atoms with Gasteiger partial charge in [0.15, 0.2) is 5.82 Å². The number of benzene rings is 2. The molecule has 3 aromatic rings. The van der Waals surface area contributed by atoms with Gasteiger partial charge in [-0.2, -0.15) is 0 Å². The minimum atomic E-state index is -1.50. The maximum atomic E-state index is 15.7. The first-order chi connectivity index (χ1) is 16.4. The zero-order valence-corrected chi connectivity index (χ0v) is 20.1. The number of hydrogen-bond donors (Lipinski definition) is 3. The zero-order chi connectivity index (χ0) is 25.9. The highest BCUT2D eigenvalue weighted by Crippen LogP contribution is 2.42. The summed E-state index contributed by atoms with van der Waals surface area (Å²) in [5, 5.41) is 14.7. The van der Waals surface area contributed by atoms with Gasteiger partial charge in [0, 0.05) is 24.0 Å². The molecule has 2 aromatic carbocycles. The molecular weight excluding hydrogens is 486 g/mol. The van der Waals surface area contributed by atoms with Crippen molar-refractivity contribution in [1.82, 2.24) is 15.3 Å². The molecule has 0 spiro atoms. The lowest BCUT2D eigenvalue weighted by molar-refractivity contribution is 0.0529. The Morgan fingerprint density at radius 1 is 1.14 bits per heavy atom. The molecule has 0 fully saturated rings. The first kappa shape index (κ1) is 25.9. The van der Waals surface area contributed by atoms with Gasteiger partial charge in [-0.15, -0.1) is 0 Å². The van der Waals surface area contributed by atoms with Gasteiger partial charge in [-0.3, -0.25) is 0 Å². The SMILES string of the molecule is COc1cccc(F)c1-c1c(Cl)cc2c(NCCNC(=O)OC(C)(C)C)nc(C(=O)O)nc2c1F. The van der Waals surface area contributed by atoms with E-state index >= 15 is 4.39 Å². The molecule has 12 heteroatoms. The summed E-state index contributed by atoms with van der Waals surface area (Å²) in [7, 11) is 1.29. The number of hydrogen-bond acceptors (Lipinski definition) is 7. The molecule has 1 amide bonds. The molecule has 0 unspecified atom stereocenters. The van der Waals surface area contributed by atoms with Crippen molar-refractivity contribution in [2.75, 3.05) is 25.5 Å². The number of nitrogens with one attached hydrogen (secondary N) is 2. The molecule has 0 aliphatic rings. The Bertz CT molecular complexity index is 1300. The third kappa shape index (κ3) is 5.86. The summed E-state index contributed by atoms with van der Waals surface area (Å²) in [6, 6.07) is 5.25. The van der Waals surface area contributed by atoms with Gasteiger partial charge in [-0.05, 0) is 39.0 Å². The largest absolute Gasteiger partial charge is 0.496 e. The maximum absolute atomic E-state index is 15.7. The Morgan fingerprint density at radius 2 is 1.86 bits per heavy atom. The van der Waals surface area contributed by atoms with Crippen LogP contribution in [0, 0.1) is 11.6 Å². The van der Waals surface area contributed by atoms with Crippen LogP contribution in [-0.4, -0.2) is 52.9 Å². The third-order valence-corrected chi connectivity index (χ3v) is 4.90. The highest BCUT2D eigenvalue weighted by Gasteiger charge is 2.25. The van der Waals surface area contributed by atoms with Crippen molar-refractivity contribution in [1.29, 1.82) is 0 Å². The normalized spacial score (nSPS) is 11.3.